The van der Waals surface area contributed by atoms with Gasteiger partial charge in [0, 0.05) is 0 Å². The quantitative estimate of drug-likeness (QED) is 0.605. The van der Waals surface area contributed by atoms with Crippen molar-refractivity contribution in [2.24, 2.45) is 0 Å². The van der Waals surface area contributed by atoms with Crippen LogP contribution in [-0.4, -0.2) is 0 Å². The van der Waals surface area contributed by atoms with Gasteiger partial charge in [-0.05, 0) is 17.5 Å². The van der Waals surface area contributed by atoms with Crippen LogP contribution in [0.3, 0.4) is 0 Å². The van der Waals surface area contributed by atoms with Crippen molar-refractivity contribution >= 4 is 6.08 Å². The molecular weight excluding hydrogens is 156 g/mol. The second-order valence-corrected chi connectivity index (χ2v) is 3.09. The van der Waals surface area contributed by atoms with Crippen LogP contribution in [0.15, 0.2) is 43.0 Å². The minimum absolute atomic E-state index is 1.16. The maximum Gasteiger partial charge on any atom is -0.0254 e. The van der Waals surface area contributed by atoms with Crippen LogP contribution in [0.25, 0.3) is 6.08 Å². The van der Waals surface area contributed by atoms with Gasteiger partial charge in [-0.25, -0.2) is 0 Å². The molecule has 0 saturated heterocycles. The van der Waals surface area contributed by atoms with Crippen molar-refractivity contribution in [2.75, 3.05) is 0 Å². The maximum atomic E-state index is 3.65. The topological polar surface area (TPSA) is 0 Å². The molecule has 0 saturated carbocycles. The predicted octanol–water partition coefficient (Wildman–Crippen LogP) is 3.84. The minimum atomic E-state index is 1.16. The Balaban J connectivity index is 2.78. The summed E-state index contributed by atoms with van der Waals surface area (Å²) in [5.41, 5.74) is 2.67. The van der Waals surface area contributed by atoms with Gasteiger partial charge in [-0.3, -0.25) is 0 Å². The average molecular weight is 172 g/mol. The molecule has 13 heavy (non-hydrogen) atoms. The SMILES string of the molecule is C=CC=Cc1cccc(CCC)c1. The van der Waals surface area contributed by atoms with E-state index >= 15 is 0 Å². The Morgan fingerprint density at radius 3 is 2.92 bits per heavy atom. The third-order valence-corrected chi connectivity index (χ3v) is 1.91. The van der Waals surface area contributed by atoms with Crippen molar-refractivity contribution in [1.29, 1.82) is 0 Å². The monoisotopic (exact) mass is 172 g/mol. The first-order valence-corrected chi connectivity index (χ1v) is 4.75. The van der Waals surface area contributed by atoms with Crippen LogP contribution in [0, 0.1) is 0 Å². The third kappa shape index (κ3) is 3.29. The van der Waals surface area contributed by atoms with Gasteiger partial charge in [0.15, 0.2) is 0 Å². The van der Waals surface area contributed by atoms with E-state index in [4.69, 9.17) is 0 Å². The van der Waals surface area contributed by atoms with E-state index in [1.165, 1.54) is 17.5 Å². The van der Waals surface area contributed by atoms with Crippen LogP contribution >= 0.6 is 0 Å². The number of hydrogen-bond donors (Lipinski definition) is 0. The molecule has 0 unspecified atom stereocenters. The third-order valence-electron chi connectivity index (χ3n) is 1.91. The van der Waals surface area contributed by atoms with Crippen LogP contribution in [0.4, 0.5) is 0 Å². The number of allylic oxidation sites excluding steroid dienone is 2. The standard InChI is InChI=1S/C13H16/c1-3-5-8-13-10-6-9-12(11-13)7-4-2/h3,5-6,8-11H,1,4,7H2,2H3. The first-order chi connectivity index (χ1) is 6.36. The highest BCUT2D eigenvalue weighted by atomic mass is 14.0. The zero-order valence-electron chi connectivity index (χ0n) is 8.16. The van der Waals surface area contributed by atoms with Gasteiger partial charge in [-0.15, -0.1) is 0 Å². The summed E-state index contributed by atoms with van der Waals surface area (Å²) in [5, 5.41) is 0. The molecule has 0 heteroatoms. The molecule has 0 nitrogen and oxygen atoms in total. The molecule has 1 aromatic carbocycles. The lowest BCUT2D eigenvalue weighted by molar-refractivity contribution is 0.921. The Labute approximate surface area is 80.6 Å². The lowest BCUT2D eigenvalue weighted by Gasteiger charge is -1.99. The summed E-state index contributed by atoms with van der Waals surface area (Å²) in [4.78, 5) is 0. The fraction of sp³-hybridized carbons (Fsp3) is 0.231. The van der Waals surface area contributed by atoms with Gasteiger partial charge in [0.1, 0.15) is 0 Å². The molecule has 0 aliphatic heterocycles. The highest BCUT2D eigenvalue weighted by molar-refractivity contribution is 5.51. The normalized spacial score (nSPS) is 10.5. The van der Waals surface area contributed by atoms with E-state index in [1.54, 1.807) is 6.08 Å². The van der Waals surface area contributed by atoms with Gasteiger partial charge >= 0.3 is 0 Å². The molecule has 0 bridgehead atoms. The lowest BCUT2D eigenvalue weighted by Crippen LogP contribution is -1.82. The first-order valence-electron chi connectivity index (χ1n) is 4.75. The van der Waals surface area contributed by atoms with E-state index in [9.17, 15) is 0 Å². The first kappa shape index (κ1) is 9.79. The Kier molecular flexibility index (Phi) is 4.04. The Morgan fingerprint density at radius 1 is 1.38 bits per heavy atom. The van der Waals surface area contributed by atoms with Gasteiger partial charge in [-0.2, -0.15) is 0 Å². The van der Waals surface area contributed by atoms with Crippen molar-refractivity contribution in [3.8, 4) is 0 Å². The summed E-state index contributed by atoms with van der Waals surface area (Å²) < 4.78 is 0. The van der Waals surface area contributed by atoms with Crippen molar-refractivity contribution in [3.63, 3.8) is 0 Å². The molecule has 0 aromatic heterocycles. The highest BCUT2D eigenvalue weighted by Gasteiger charge is 1.91. The van der Waals surface area contributed by atoms with Gasteiger partial charge < -0.3 is 0 Å². The number of rotatable bonds is 4. The molecule has 0 fully saturated rings. The minimum Gasteiger partial charge on any atom is -0.0991 e. The average Bonchev–Trinajstić information content (AvgIpc) is 2.16. The molecule has 0 aliphatic carbocycles. The van der Waals surface area contributed by atoms with Crippen LogP contribution in [0.2, 0.25) is 0 Å². The van der Waals surface area contributed by atoms with Gasteiger partial charge in [0.05, 0.1) is 0 Å². The zero-order valence-corrected chi connectivity index (χ0v) is 8.16. The van der Waals surface area contributed by atoms with E-state index in [1.807, 2.05) is 6.08 Å². The molecule has 68 valence electrons. The molecular formula is C13H16. The molecule has 0 radical (unpaired) electrons. The number of hydrogen-bond acceptors (Lipinski definition) is 0. The Bertz CT molecular complexity index is 295. The van der Waals surface area contributed by atoms with Crippen molar-refractivity contribution in [1.82, 2.24) is 0 Å². The highest BCUT2D eigenvalue weighted by Crippen LogP contribution is 2.08. The van der Waals surface area contributed by atoms with Gasteiger partial charge in [0.2, 0.25) is 0 Å². The van der Waals surface area contributed by atoms with Crippen LogP contribution < -0.4 is 0 Å². The van der Waals surface area contributed by atoms with Crippen molar-refractivity contribution < 1.29 is 0 Å². The molecule has 0 aliphatic rings. The lowest BCUT2D eigenvalue weighted by atomic mass is 10.1. The summed E-state index contributed by atoms with van der Waals surface area (Å²) in [6.07, 6.45) is 8.20. The number of benzene rings is 1. The Morgan fingerprint density at radius 2 is 2.23 bits per heavy atom. The molecule has 0 N–H and O–H groups in total. The summed E-state index contributed by atoms with van der Waals surface area (Å²) in [7, 11) is 0. The van der Waals surface area contributed by atoms with Crippen molar-refractivity contribution in [3.05, 3.63) is 54.1 Å². The zero-order chi connectivity index (χ0) is 9.52. The molecule has 0 spiro atoms. The summed E-state index contributed by atoms with van der Waals surface area (Å²) in [6, 6.07) is 8.62. The summed E-state index contributed by atoms with van der Waals surface area (Å²) in [5.74, 6) is 0. The molecule has 1 rings (SSSR count). The molecule has 0 heterocycles. The van der Waals surface area contributed by atoms with E-state index in [0.29, 0.717) is 0 Å². The summed E-state index contributed by atoms with van der Waals surface area (Å²) >= 11 is 0. The van der Waals surface area contributed by atoms with E-state index in [-0.39, 0.29) is 0 Å². The number of aryl methyl sites for hydroxylation is 1. The Hall–Kier alpha value is -1.30. The molecule has 1 aromatic rings. The fourth-order valence-corrected chi connectivity index (χ4v) is 1.32. The predicted molar refractivity (Wildman–Crippen MR) is 59.7 cm³/mol. The van der Waals surface area contributed by atoms with Gasteiger partial charge in [0.25, 0.3) is 0 Å². The molecule has 0 atom stereocenters. The second kappa shape index (κ2) is 5.36. The van der Waals surface area contributed by atoms with Gasteiger partial charge in [-0.1, -0.05) is 62.4 Å². The van der Waals surface area contributed by atoms with Crippen LogP contribution in [0.5, 0.6) is 0 Å². The van der Waals surface area contributed by atoms with E-state index < -0.39 is 0 Å². The van der Waals surface area contributed by atoms with Crippen LogP contribution in [0.1, 0.15) is 24.5 Å². The van der Waals surface area contributed by atoms with Crippen molar-refractivity contribution in [2.45, 2.75) is 19.8 Å². The van der Waals surface area contributed by atoms with E-state index in [2.05, 4.69) is 43.8 Å². The van der Waals surface area contributed by atoms with Crippen LogP contribution in [-0.2, 0) is 6.42 Å². The largest absolute Gasteiger partial charge is 0.0991 e. The maximum absolute atomic E-state index is 3.65. The molecule has 0 amide bonds. The summed E-state index contributed by atoms with van der Waals surface area (Å²) in [6.45, 7) is 5.85. The second-order valence-electron chi connectivity index (χ2n) is 3.09. The van der Waals surface area contributed by atoms with E-state index in [0.717, 1.165) is 6.42 Å². The fourth-order valence-electron chi connectivity index (χ4n) is 1.32. The smallest absolute Gasteiger partial charge is 0.0254 e.